The predicted octanol–water partition coefficient (Wildman–Crippen LogP) is 3.31. The number of benzene rings is 1. The van der Waals surface area contributed by atoms with Gasteiger partial charge in [0.2, 0.25) is 5.91 Å². The Morgan fingerprint density at radius 2 is 2.16 bits per heavy atom. The quantitative estimate of drug-likeness (QED) is 0.907. The Hall–Kier alpha value is -1.62. The predicted molar refractivity (Wildman–Crippen MR) is 94.0 cm³/mol. The molecule has 1 heterocycles. The van der Waals surface area contributed by atoms with Crippen molar-refractivity contribution in [3.63, 3.8) is 0 Å². The number of ether oxygens (including phenoxy) is 1. The second kappa shape index (κ2) is 7.32. The summed E-state index contributed by atoms with van der Waals surface area (Å²) in [4.78, 5) is 14.8. The molecule has 1 saturated heterocycles. The minimum atomic E-state index is -0.706. The SMILES string of the molecule is COc1ccc(F)cc1CC(=O)N1CCC[C@@H]1[C@@H]1CCCC[C@]1(C)O. The maximum atomic E-state index is 13.6. The molecular weight excluding hydrogens is 321 g/mol. The fourth-order valence-corrected chi connectivity index (χ4v) is 4.62. The molecule has 2 fully saturated rings. The van der Waals surface area contributed by atoms with E-state index in [1.165, 1.54) is 19.2 Å². The lowest BCUT2D eigenvalue weighted by Crippen LogP contribution is -2.50. The average Bonchev–Trinajstić information content (AvgIpc) is 3.04. The summed E-state index contributed by atoms with van der Waals surface area (Å²) < 4.78 is 18.8. The molecule has 1 amide bonds. The second-order valence-corrected chi connectivity index (χ2v) is 7.64. The zero-order valence-electron chi connectivity index (χ0n) is 15.1. The van der Waals surface area contributed by atoms with E-state index in [2.05, 4.69) is 0 Å². The molecule has 5 heteroatoms. The fourth-order valence-electron chi connectivity index (χ4n) is 4.62. The molecule has 0 radical (unpaired) electrons. The van der Waals surface area contributed by atoms with Crippen LogP contribution in [0.2, 0.25) is 0 Å². The van der Waals surface area contributed by atoms with Crippen LogP contribution in [0.25, 0.3) is 0 Å². The monoisotopic (exact) mass is 349 g/mol. The van der Waals surface area contributed by atoms with Crippen LogP contribution in [-0.4, -0.2) is 41.2 Å². The van der Waals surface area contributed by atoms with Gasteiger partial charge in [0, 0.05) is 24.1 Å². The molecule has 0 unspecified atom stereocenters. The van der Waals surface area contributed by atoms with Crippen molar-refractivity contribution < 1.29 is 19.0 Å². The van der Waals surface area contributed by atoms with Gasteiger partial charge in [-0.25, -0.2) is 4.39 Å². The lowest BCUT2D eigenvalue weighted by atomic mass is 9.72. The first kappa shape index (κ1) is 18.2. The number of carbonyl (C=O) groups is 1. The Labute approximate surface area is 149 Å². The highest BCUT2D eigenvalue weighted by Crippen LogP contribution is 2.41. The third kappa shape index (κ3) is 3.81. The number of aliphatic hydroxyl groups is 1. The van der Waals surface area contributed by atoms with Crippen LogP contribution < -0.4 is 4.74 Å². The van der Waals surface area contributed by atoms with Crippen molar-refractivity contribution in [3.05, 3.63) is 29.6 Å². The summed E-state index contributed by atoms with van der Waals surface area (Å²) in [5.41, 5.74) is -0.129. The summed E-state index contributed by atoms with van der Waals surface area (Å²) in [6.45, 7) is 2.63. The summed E-state index contributed by atoms with van der Waals surface area (Å²) >= 11 is 0. The highest BCUT2D eigenvalue weighted by atomic mass is 19.1. The number of halogens is 1. The van der Waals surface area contributed by atoms with Gasteiger partial charge in [-0.2, -0.15) is 0 Å². The summed E-state index contributed by atoms with van der Waals surface area (Å²) in [6, 6.07) is 4.36. The molecule has 0 spiro atoms. The van der Waals surface area contributed by atoms with Crippen molar-refractivity contribution >= 4 is 5.91 Å². The van der Waals surface area contributed by atoms with E-state index >= 15 is 0 Å². The molecule has 3 rings (SSSR count). The van der Waals surface area contributed by atoms with Gasteiger partial charge in [-0.05, 0) is 50.8 Å². The summed E-state index contributed by atoms with van der Waals surface area (Å²) in [5, 5.41) is 10.8. The largest absolute Gasteiger partial charge is 0.496 e. The molecule has 1 aromatic carbocycles. The third-order valence-corrected chi connectivity index (χ3v) is 5.92. The van der Waals surface area contributed by atoms with Gasteiger partial charge in [0.05, 0.1) is 19.1 Å². The minimum Gasteiger partial charge on any atom is -0.496 e. The van der Waals surface area contributed by atoms with Crippen LogP contribution in [0.4, 0.5) is 4.39 Å². The fraction of sp³-hybridized carbons (Fsp3) is 0.650. The highest BCUT2D eigenvalue weighted by Gasteiger charge is 2.44. The molecule has 0 bridgehead atoms. The number of amides is 1. The van der Waals surface area contributed by atoms with Crippen LogP contribution in [0.1, 0.15) is 51.0 Å². The van der Waals surface area contributed by atoms with Crippen molar-refractivity contribution in [2.75, 3.05) is 13.7 Å². The van der Waals surface area contributed by atoms with Crippen molar-refractivity contribution in [3.8, 4) is 5.75 Å². The lowest BCUT2D eigenvalue weighted by Gasteiger charge is -2.43. The molecule has 1 aliphatic heterocycles. The standard InChI is InChI=1S/C20H28FNO3/c1-20(24)10-4-3-6-16(20)17-7-5-11-22(17)19(23)13-14-12-15(21)8-9-18(14)25-2/h8-9,12,16-17,24H,3-7,10-11,13H2,1-2H3/t16-,17+,20-/m0/s1. The molecule has 4 nitrogen and oxygen atoms in total. The Bertz CT molecular complexity index is 631. The molecule has 25 heavy (non-hydrogen) atoms. The summed E-state index contributed by atoms with van der Waals surface area (Å²) in [7, 11) is 1.53. The second-order valence-electron chi connectivity index (χ2n) is 7.64. The maximum absolute atomic E-state index is 13.6. The Morgan fingerprint density at radius 1 is 1.36 bits per heavy atom. The van der Waals surface area contributed by atoms with E-state index in [0.29, 0.717) is 17.9 Å². The molecule has 1 aliphatic carbocycles. The lowest BCUT2D eigenvalue weighted by molar-refractivity contribution is -0.135. The number of hydrogen-bond acceptors (Lipinski definition) is 3. The van der Waals surface area contributed by atoms with E-state index < -0.39 is 5.60 Å². The van der Waals surface area contributed by atoms with Crippen molar-refractivity contribution in [1.82, 2.24) is 4.90 Å². The number of carbonyl (C=O) groups excluding carboxylic acids is 1. The molecule has 1 aromatic rings. The molecule has 0 aromatic heterocycles. The number of likely N-dealkylation sites (tertiary alicyclic amines) is 1. The first-order chi connectivity index (χ1) is 11.9. The maximum Gasteiger partial charge on any atom is 0.227 e. The van der Waals surface area contributed by atoms with Gasteiger partial charge >= 0.3 is 0 Å². The van der Waals surface area contributed by atoms with E-state index in [1.54, 1.807) is 6.07 Å². The van der Waals surface area contributed by atoms with Gasteiger partial charge in [-0.1, -0.05) is 12.8 Å². The van der Waals surface area contributed by atoms with Crippen LogP contribution in [0.5, 0.6) is 5.75 Å². The van der Waals surface area contributed by atoms with E-state index in [4.69, 9.17) is 4.74 Å². The van der Waals surface area contributed by atoms with Crippen LogP contribution >= 0.6 is 0 Å². The van der Waals surface area contributed by atoms with Crippen molar-refractivity contribution in [2.24, 2.45) is 5.92 Å². The topological polar surface area (TPSA) is 49.8 Å². The van der Waals surface area contributed by atoms with Crippen LogP contribution in [-0.2, 0) is 11.2 Å². The first-order valence-corrected chi connectivity index (χ1v) is 9.26. The number of nitrogens with zero attached hydrogens (tertiary/aromatic N) is 1. The number of rotatable bonds is 4. The van der Waals surface area contributed by atoms with Crippen molar-refractivity contribution in [1.29, 1.82) is 0 Å². The Kier molecular flexibility index (Phi) is 5.32. The minimum absolute atomic E-state index is 0.00669. The molecule has 1 N–H and O–H groups in total. The van der Waals surface area contributed by atoms with E-state index in [1.807, 2.05) is 11.8 Å². The molecule has 3 atom stereocenters. The first-order valence-electron chi connectivity index (χ1n) is 9.26. The Morgan fingerprint density at radius 3 is 2.88 bits per heavy atom. The normalized spacial score (nSPS) is 29.7. The van der Waals surface area contributed by atoms with Gasteiger partial charge in [0.15, 0.2) is 0 Å². The molecule has 1 saturated carbocycles. The van der Waals surface area contributed by atoms with Gasteiger partial charge < -0.3 is 14.7 Å². The molecular formula is C20H28FNO3. The van der Waals surface area contributed by atoms with Crippen LogP contribution in [0.15, 0.2) is 18.2 Å². The smallest absolute Gasteiger partial charge is 0.227 e. The van der Waals surface area contributed by atoms with Gasteiger partial charge in [0.25, 0.3) is 0 Å². The summed E-state index contributed by atoms with van der Waals surface area (Å²) in [5.74, 6) is 0.293. The van der Waals surface area contributed by atoms with Gasteiger partial charge in [-0.15, -0.1) is 0 Å². The summed E-state index contributed by atoms with van der Waals surface area (Å²) in [6.07, 6.45) is 5.95. The zero-order chi connectivity index (χ0) is 18.0. The van der Waals surface area contributed by atoms with E-state index in [-0.39, 0.29) is 30.1 Å². The van der Waals surface area contributed by atoms with Gasteiger partial charge in [0.1, 0.15) is 11.6 Å². The third-order valence-electron chi connectivity index (χ3n) is 5.92. The molecule has 138 valence electrons. The van der Waals surface area contributed by atoms with E-state index in [0.717, 1.165) is 38.5 Å². The highest BCUT2D eigenvalue weighted by molar-refractivity contribution is 5.80. The number of methoxy groups -OCH3 is 1. The van der Waals surface area contributed by atoms with E-state index in [9.17, 15) is 14.3 Å². The van der Waals surface area contributed by atoms with Crippen LogP contribution in [0, 0.1) is 11.7 Å². The number of hydrogen-bond donors (Lipinski definition) is 1. The van der Waals surface area contributed by atoms with Crippen molar-refractivity contribution in [2.45, 2.75) is 63.5 Å². The van der Waals surface area contributed by atoms with Crippen LogP contribution in [0.3, 0.4) is 0 Å². The molecule has 2 aliphatic rings. The zero-order valence-corrected chi connectivity index (χ0v) is 15.1. The average molecular weight is 349 g/mol. The van der Waals surface area contributed by atoms with Gasteiger partial charge in [-0.3, -0.25) is 4.79 Å². The Balaban J connectivity index is 1.76.